The molecule has 0 fully saturated rings. The van der Waals surface area contributed by atoms with E-state index >= 15 is 0 Å². The van der Waals surface area contributed by atoms with Crippen LogP contribution in [0.25, 0.3) is 0 Å². The summed E-state index contributed by atoms with van der Waals surface area (Å²) in [5.41, 5.74) is 2.78. The molecule has 2 amide bonds. The Labute approximate surface area is 199 Å². The van der Waals surface area contributed by atoms with E-state index in [0.29, 0.717) is 30.0 Å². The average molecular weight is 462 g/mol. The maximum atomic E-state index is 12.5. The van der Waals surface area contributed by atoms with Crippen molar-refractivity contribution in [2.45, 2.75) is 32.8 Å². The van der Waals surface area contributed by atoms with Gasteiger partial charge in [0.25, 0.3) is 5.91 Å². The normalized spacial score (nSPS) is 10.2. The van der Waals surface area contributed by atoms with Gasteiger partial charge in [0.2, 0.25) is 5.91 Å². The summed E-state index contributed by atoms with van der Waals surface area (Å²) in [6, 6.07) is 23.9. The van der Waals surface area contributed by atoms with Crippen molar-refractivity contribution >= 4 is 40.5 Å². The van der Waals surface area contributed by atoms with Gasteiger partial charge in [0, 0.05) is 23.4 Å². The number of thiocarbonyl (C=S) groups is 1. The van der Waals surface area contributed by atoms with Crippen LogP contribution in [0.2, 0.25) is 0 Å². The Balaban J connectivity index is 1.49. The molecule has 3 rings (SSSR count). The highest BCUT2D eigenvalue weighted by molar-refractivity contribution is 7.80. The van der Waals surface area contributed by atoms with Gasteiger partial charge in [-0.25, -0.2) is 0 Å². The van der Waals surface area contributed by atoms with E-state index in [1.54, 1.807) is 30.3 Å². The molecule has 33 heavy (non-hydrogen) atoms. The summed E-state index contributed by atoms with van der Waals surface area (Å²) in [6.45, 7) is 2.46. The lowest BCUT2D eigenvalue weighted by Crippen LogP contribution is -2.34. The van der Waals surface area contributed by atoms with Crippen LogP contribution in [0.3, 0.4) is 0 Å². The third-order valence-corrected chi connectivity index (χ3v) is 4.96. The molecular weight excluding hydrogens is 434 g/mol. The number of amides is 2. The van der Waals surface area contributed by atoms with Gasteiger partial charge in [0.15, 0.2) is 5.11 Å². The first-order valence-electron chi connectivity index (χ1n) is 10.8. The third kappa shape index (κ3) is 8.05. The number of hydrogen-bond donors (Lipinski definition) is 3. The molecule has 0 unspecified atom stereocenters. The fraction of sp³-hybridized carbons (Fsp3) is 0.192. The van der Waals surface area contributed by atoms with Crippen LogP contribution in [0.5, 0.6) is 5.75 Å². The second kappa shape index (κ2) is 12.4. The quantitative estimate of drug-likeness (QED) is 0.366. The van der Waals surface area contributed by atoms with Crippen LogP contribution in [-0.4, -0.2) is 16.9 Å². The lowest BCUT2D eigenvalue weighted by atomic mass is 10.1. The fourth-order valence-electron chi connectivity index (χ4n) is 3.01. The number of rotatable bonds is 9. The largest absolute Gasteiger partial charge is 0.489 e. The van der Waals surface area contributed by atoms with Crippen molar-refractivity contribution in [2.24, 2.45) is 0 Å². The van der Waals surface area contributed by atoms with Crippen LogP contribution in [0.15, 0.2) is 78.9 Å². The highest BCUT2D eigenvalue weighted by atomic mass is 32.1. The molecule has 0 aliphatic rings. The molecule has 3 aromatic rings. The van der Waals surface area contributed by atoms with E-state index in [1.165, 1.54) is 0 Å². The first-order valence-corrected chi connectivity index (χ1v) is 11.2. The average Bonchev–Trinajstić information content (AvgIpc) is 2.82. The molecule has 0 heterocycles. The fourth-order valence-corrected chi connectivity index (χ4v) is 3.22. The maximum absolute atomic E-state index is 12.5. The summed E-state index contributed by atoms with van der Waals surface area (Å²) in [7, 11) is 0. The van der Waals surface area contributed by atoms with E-state index < -0.39 is 0 Å². The Hall–Kier alpha value is -3.71. The zero-order valence-corrected chi connectivity index (χ0v) is 19.3. The Kier molecular flexibility index (Phi) is 8.97. The van der Waals surface area contributed by atoms with Crippen LogP contribution in [0.4, 0.5) is 11.4 Å². The van der Waals surface area contributed by atoms with Crippen molar-refractivity contribution in [2.75, 3.05) is 10.6 Å². The molecule has 0 bridgehead atoms. The molecular formula is C26H27N3O3S. The van der Waals surface area contributed by atoms with Crippen LogP contribution < -0.4 is 20.7 Å². The zero-order chi connectivity index (χ0) is 23.5. The minimum absolute atomic E-state index is 0.0255. The maximum Gasteiger partial charge on any atom is 0.257 e. The van der Waals surface area contributed by atoms with E-state index in [1.807, 2.05) is 55.5 Å². The van der Waals surface area contributed by atoms with Crippen LogP contribution >= 0.6 is 12.2 Å². The minimum Gasteiger partial charge on any atom is -0.489 e. The number of hydrogen-bond acceptors (Lipinski definition) is 4. The van der Waals surface area contributed by atoms with Crippen molar-refractivity contribution in [1.82, 2.24) is 5.32 Å². The van der Waals surface area contributed by atoms with E-state index in [4.69, 9.17) is 17.0 Å². The topological polar surface area (TPSA) is 79.5 Å². The first kappa shape index (κ1) is 23.9. The summed E-state index contributed by atoms with van der Waals surface area (Å²) >= 11 is 5.27. The highest BCUT2D eigenvalue weighted by Gasteiger charge is 2.09. The number of ether oxygens (including phenoxy) is 1. The van der Waals surface area contributed by atoms with Gasteiger partial charge in [-0.15, -0.1) is 0 Å². The Bertz CT molecular complexity index is 1090. The van der Waals surface area contributed by atoms with Crippen molar-refractivity contribution < 1.29 is 14.3 Å². The molecule has 170 valence electrons. The second-order valence-electron chi connectivity index (χ2n) is 7.44. The van der Waals surface area contributed by atoms with E-state index in [0.717, 1.165) is 24.2 Å². The number of unbranched alkanes of at least 4 members (excludes halogenated alkanes) is 1. The van der Waals surface area contributed by atoms with Crippen molar-refractivity contribution in [3.05, 3.63) is 90.0 Å². The minimum atomic E-state index is -0.313. The number of carbonyl (C=O) groups excluding carboxylic acids is 2. The molecule has 6 nitrogen and oxygen atoms in total. The van der Waals surface area contributed by atoms with Gasteiger partial charge in [-0.3, -0.25) is 14.9 Å². The lowest BCUT2D eigenvalue weighted by Gasteiger charge is -2.12. The SMILES string of the molecule is CCCCC(=O)Nc1cccc(NC(=S)NC(=O)c2ccc(COc3ccccc3)cc2)c1. The molecule has 7 heteroatoms. The van der Waals surface area contributed by atoms with Gasteiger partial charge in [0.05, 0.1) is 0 Å². The number of nitrogens with one attached hydrogen (secondary N) is 3. The van der Waals surface area contributed by atoms with Crippen molar-refractivity contribution in [3.63, 3.8) is 0 Å². The van der Waals surface area contributed by atoms with Crippen LogP contribution in [0, 0.1) is 0 Å². The molecule has 0 atom stereocenters. The van der Waals surface area contributed by atoms with Gasteiger partial charge in [-0.2, -0.15) is 0 Å². The van der Waals surface area contributed by atoms with Crippen molar-refractivity contribution in [1.29, 1.82) is 0 Å². The Morgan fingerprint density at radius 2 is 1.58 bits per heavy atom. The number of para-hydroxylation sites is 1. The molecule has 0 aliphatic carbocycles. The standard InChI is InChI=1S/C26H27N3O3S/c1-2-3-12-24(30)27-21-8-7-9-22(17-21)28-26(33)29-25(31)20-15-13-19(14-16-20)18-32-23-10-5-4-6-11-23/h4-11,13-17H,2-3,12,18H2,1H3,(H,27,30)(H2,28,29,31,33). The zero-order valence-electron chi connectivity index (χ0n) is 18.5. The Morgan fingerprint density at radius 3 is 2.27 bits per heavy atom. The molecule has 0 aromatic heterocycles. The van der Waals surface area contributed by atoms with Gasteiger partial charge >= 0.3 is 0 Å². The number of carbonyl (C=O) groups is 2. The van der Waals surface area contributed by atoms with Gasteiger partial charge in [0.1, 0.15) is 12.4 Å². The number of anilines is 2. The summed E-state index contributed by atoms with van der Waals surface area (Å²) in [4.78, 5) is 24.4. The molecule has 0 saturated heterocycles. The second-order valence-corrected chi connectivity index (χ2v) is 7.85. The summed E-state index contributed by atoms with van der Waals surface area (Å²) in [5.74, 6) is 0.454. The molecule has 3 aromatic carbocycles. The van der Waals surface area contributed by atoms with E-state index in [2.05, 4.69) is 16.0 Å². The molecule has 0 radical (unpaired) electrons. The highest BCUT2D eigenvalue weighted by Crippen LogP contribution is 2.16. The van der Waals surface area contributed by atoms with Gasteiger partial charge in [-0.05, 0) is 66.7 Å². The van der Waals surface area contributed by atoms with Crippen molar-refractivity contribution in [3.8, 4) is 5.75 Å². The predicted molar refractivity (Wildman–Crippen MR) is 135 cm³/mol. The lowest BCUT2D eigenvalue weighted by molar-refractivity contribution is -0.116. The van der Waals surface area contributed by atoms with Gasteiger partial charge < -0.3 is 15.4 Å². The Morgan fingerprint density at radius 1 is 0.879 bits per heavy atom. The third-order valence-electron chi connectivity index (χ3n) is 4.75. The van der Waals surface area contributed by atoms with E-state index in [9.17, 15) is 9.59 Å². The molecule has 0 saturated carbocycles. The van der Waals surface area contributed by atoms with E-state index in [-0.39, 0.29) is 16.9 Å². The summed E-state index contributed by atoms with van der Waals surface area (Å²) in [6.07, 6.45) is 2.30. The van der Waals surface area contributed by atoms with Crippen LogP contribution in [0.1, 0.15) is 42.1 Å². The first-order chi connectivity index (χ1) is 16.0. The van der Waals surface area contributed by atoms with Crippen LogP contribution in [-0.2, 0) is 11.4 Å². The summed E-state index contributed by atoms with van der Waals surface area (Å²) < 4.78 is 5.72. The summed E-state index contributed by atoms with van der Waals surface area (Å²) in [5, 5.41) is 8.69. The molecule has 0 spiro atoms. The molecule has 0 aliphatic heterocycles. The van der Waals surface area contributed by atoms with Gasteiger partial charge in [-0.1, -0.05) is 49.7 Å². The molecule has 3 N–H and O–H groups in total. The monoisotopic (exact) mass is 461 g/mol. The number of benzene rings is 3. The smallest absolute Gasteiger partial charge is 0.257 e. The predicted octanol–water partition coefficient (Wildman–Crippen LogP) is 5.52.